The van der Waals surface area contributed by atoms with Gasteiger partial charge >= 0.3 is 67.3 Å². The zero-order chi connectivity index (χ0) is 0. The van der Waals surface area contributed by atoms with Gasteiger partial charge in [0.2, 0.25) is 0 Å². The first-order chi connectivity index (χ1) is 0. The predicted molar refractivity (Wildman–Crippen MR) is 5.75 cm³/mol. The molecule has 0 aromatic rings. The fraction of sp³-hybridized carbons (Fsp3) is 0. The zero-order valence-corrected chi connectivity index (χ0v) is 7.05. The van der Waals surface area contributed by atoms with Crippen molar-refractivity contribution in [1.29, 1.82) is 0 Å². The summed E-state index contributed by atoms with van der Waals surface area (Å²) in [5.74, 6) is 0. The minimum Gasteiger partial charge on any atom is -1.00 e. The van der Waals surface area contributed by atoms with Crippen LogP contribution in [0.1, 0.15) is 0 Å². The monoisotopic (exact) mass is 120 g/mol. The van der Waals surface area contributed by atoms with Crippen LogP contribution in [0, 0.1) is 0 Å². The summed E-state index contributed by atoms with van der Waals surface area (Å²) < 4.78 is 0. The molecule has 5 heteroatoms. The van der Waals surface area contributed by atoms with Gasteiger partial charge in [-0.15, -0.1) is 0 Å². The van der Waals surface area contributed by atoms with Crippen LogP contribution in [0.4, 0.5) is 0 Å². The molecule has 0 N–H and O–H groups in total. The average molecular weight is 120 g/mol. The summed E-state index contributed by atoms with van der Waals surface area (Å²) >= 11 is 0. The van der Waals surface area contributed by atoms with Crippen molar-refractivity contribution in [1.82, 2.24) is 0 Å². The molecule has 0 heterocycles. The van der Waals surface area contributed by atoms with Gasteiger partial charge in [0.05, 0.1) is 0 Å². The van der Waals surface area contributed by atoms with Crippen molar-refractivity contribution < 1.29 is 43.7 Å². The van der Waals surface area contributed by atoms with E-state index < -0.39 is 0 Å². The van der Waals surface area contributed by atoms with Crippen LogP contribution in [0.2, 0.25) is 0 Å². The Morgan fingerprint density at radius 2 is 0.600 bits per heavy atom. The van der Waals surface area contributed by atoms with Crippen molar-refractivity contribution in [3.63, 3.8) is 0 Å². The first kappa shape index (κ1) is 61.4. The quantitative estimate of drug-likeness (QED) is 0.278. The summed E-state index contributed by atoms with van der Waals surface area (Å²) in [4.78, 5) is 0. The fourth-order valence-electron chi connectivity index (χ4n) is 0. The third-order valence-electron chi connectivity index (χ3n) is 0. The SMILES string of the molecule is [Ca+2].[F-].[F-].[F-].[Na+]. The van der Waals surface area contributed by atoms with Gasteiger partial charge in [0.25, 0.3) is 0 Å². The molecule has 0 bridgehead atoms. The van der Waals surface area contributed by atoms with Crippen molar-refractivity contribution in [2.45, 2.75) is 0 Å². The van der Waals surface area contributed by atoms with E-state index in [9.17, 15) is 0 Å². The Morgan fingerprint density at radius 3 is 0.600 bits per heavy atom. The third-order valence-corrected chi connectivity index (χ3v) is 0. The van der Waals surface area contributed by atoms with Crippen LogP contribution in [0.3, 0.4) is 0 Å². The minimum atomic E-state index is 0. The largest absolute Gasteiger partial charge is 2.00 e. The smallest absolute Gasteiger partial charge is 1.00 e. The van der Waals surface area contributed by atoms with Gasteiger partial charge in [-0.1, -0.05) is 0 Å². The number of rotatable bonds is 0. The van der Waals surface area contributed by atoms with E-state index in [0.29, 0.717) is 0 Å². The Morgan fingerprint density at radius 1 is 0.600 bits per heavy atom. The van der Waals surface area contributed by atoms with Gasteiger partial charge in [-0.05, 0) is 0 Å². The van der Waals surface area contributed by atoms with Crippen LogP contribution in [0.5, 0.6) is 0 Å². The second kappa shape index (κ2) is 36.7. The van der Waals surface area contributed by atoms with Gasteiger partial charge in [-0.2, -0.15) is 0 Å². The second-order valence-electron chi connectivity index (χ2n) is 0. The van der Waals surface area contributed by atoms with Crippen LogP contribution >= 0.6 is 0 Å². The van der Waals surface area contributed by atoms with E-state index >= 15 is 0 Å². The molecule has 0 saturated heterocycles. The van der Waals surface area contributed by atoms with Gasteiger partial charge in [-0.3, -0.25) is 0 Å². The Labute approximate surface area is 80.1 Å². The molecule has 0 radical (unpaired) electrons. The van der Waals surface area contributed by atoms with Gasteiger partial charge in [-0.25, -0.2) is 0 Å². The maximum Gasteiger partial charge on any atom is 2.00 e. The first-order valence-electron chi connectivity index (χ1n) is 0. The predicted octanol–water partition coefficient (Wildman–Crippen LogP) is -12.4. The number of halogens is 3. The van der Waals surface area contributed by atoms with Crippen LogP contribution < -0.4 is 43.7 Å². The molecule has 0 spiro atoms. The van der Waals surface area contributed by atoms with E-state index in [2.05, 4.69) is 0 Å². The van der Waals surface area contributed by atoms with Gasteiger partial charge < -0.3 is 14.1 Å². The molecule has 0 amide bonds. The van der Waals surface area contributed by atoms with E-state index in [1.165, 1.54) is 0 Å². The molecule has 0 nitrogen and oxygen atoms in total. The van der Waals surface area contributed by atoms with Crippen LogP contribution in [0.15, 0.2) is 0 Å². The maximum absolute atomic E-state index is 0. The normalized spacial score (nSPS) is 0. The molecule has 0 saturated carbocycles. The molecule has 0 fully saturated rings. The van der Waals surface area contributed by atoms with Crippen molar-refractivity contribution in [3.05, 3.63) is 0 Å². The van der Waals surface area contributed by atoms with Crippen LogP contribution in [-0.4, -0.2) is 37.7 Å². The zero-order valence-electron chi connectivity index (χ0n) is 2.84. The summed E-state index contributed by atoms with van der Waals surface area (Å²) in [5, 5.41) is 0. The second-order valence-corrected chi connectivity index (χ2v) is 0. The molecule has 0 aromatic carbocycles. The molecular formula is CaF3Na. The van der Waals surface area contributed by atoms with E-state index in [-0.39, 0.29) is 81.4 Å². The van der Waals surface area contributed by atoms with Gasteiger partial charge in [0, 0.05) is 0 Å². The molecule has 0 aromatic heterocycles. The van der Waals surface area contributed by atoms with Gasteiger partial charge in [0.15, 0.2) is 0 Å². The van der Waals surface area contributed by atoms with Crippen molar-refractivity contribution in [2.24, 2.45) is 0 Å². The molecule has 0 aliphatic carbocycles. The molecule has 0 rings (SSSR count). The van der Waals surface area contributed by atoms with E-state index in [1.54, 1.807) is 0 Å². The Balaban J connectivity index is 0. The molecule has 0 aliphatic rings. The molecule has 0 aliphatic heterocycles. The summed E-state index contributed by atoms with van der Waals surface area (Å²) in [6, 6.07) is 0. The Kier molecular flexibility index (Phi) is 451. The summed E-state index contributed by atoms with van der Waals surface area (Å²) in [7, 11) is 0. The van der Waals surface area contributed by atoms with E-state index in [1.807, 2.05) is 0 Å². The Hall–Kier alpha value is 2.05. The molecular weight excluding hydrogens is 120 g/mol. The summed E-state index contributed by atoms with van der Waals surface area (Å²) in [5.41, 5.74) is 0. The van der Waals surface area contributed by atoms with E-state index in [4.69, 9.17) is 0 Å². The maximum atomic E-state index is 0. The van der Waals surface area contributed by atoms with Crippen LogP contribution in [0.25, 0.3) is 0 Å². The standard InChI is InChI=1S/Ca.3FH.Na/h;3*1H;/q+2;;;;+1/p-3. The van der Waals surface area contributed by atoms with Gasteiger partial charge in [0.1, 0.15) is 0 Å². The van der Waals surface area contributed by atoms with Crippen molar-refractivity contribution in [3.8, 4) is 0 Å². The average Bonchev–Trinajstić information content (AvgIpc) is 0. The fourth-order valence-corrected chi connectivity index (χ4v) is 0. The summed E-state index contributed by atoms with van der Waals surface area (Å²) in [6.07, 6.45) is 0. The summed E-state index contributed by atoms with van der Waals surface area (Å²) in [6.45, 7) is 0. The Bertz CT molecular complexity index is 6.85. The molecule has 0 atom stereocenters. The van der Waals surface area contributed by atoms with Crippen LogP contribution in [-0.2, 0) is 0 Å². The minimum absolute atomic E-state index is 0. The first-order valence-corrected chi connectivity index (χ1v) is 0. The van der Waals surface area contributed by atoms with E-state index in [0.717, 1.165) is 0 Å². The van der Waals surface area contributed by atoms with Crippen molar-refractivity contribution in [2.75, 3.05) is 0 Å². The molecule has 5 heavy (non-hydrogen) atoms. The third kappa shape index (κ3) is 23.6. The van der Waals surface area contributed by atoms with Crippen molar-refractivity contribution >= 4 is 37.7 Å². The molecule has 24 valence electrons. The number of hydrogen-bond donors (Lipinski definition) is 0. The molecule has 0 unspecified atom stereocenters. The number of hydrogen-bond acceptors (Lipinski definition) is 0. The topological polar surface area (TPSA) is 0 Å².